The lowest BCUT2D eigenvalue weighted by molar-refractivity contribution is -0.154. The highest BCUT2D eigenvalue weighted by atomic mass is 35.5. The molecule has 1 aliphatic rings. The first-order chi connectivity index (χ1) is 10.1. The second-order valence-electron chi connectivity index (χ2n) is 6.56. The van der Waals surface area contributed by atoms with Crippen LogP contribution in [0.1, 0.15) is 33.6 Å². The molecular formula is C16H19Cl2NO3. The highest BCUT2D eigenvalue weighted by molar-refractivity contribution is 6.36. The first-order valence-corrected chi connectivity index (χ1v) is 7.84. The van der Waals surface area contributed by atoms with Crippen LogP contribution in [0.3, 0.4) is 0 Å². The fourth-order valence-electron chi connectivity index (χ4n) is 3.15. The Balaban J connectivity index is 2.22. The minimum Gasteiger partial charge on any atom is -0.481 e. The predicted octanol–water partition coefficient (Wildman–Crippen LogP) is 4.46. The number of halogens is 2. The van der Waals surface area contributed by atoms with Gasteiger partial charge in [0.2, 0.25) is 5.91 Å². The Hall–Kier alpha value is -1.26. The second-order valence-corrected chi connectivity index (χ2v) is 7.41. The molecule has 22 heavy (non-hydrogen) atoms. The van der Waals surface area contributed by atoms with Crippen LogP contribution in [0.25, 0.3) is 0 Å². The summed E-state index contributed by atoms with van der Waals surface area (Å²) in [5, 5.41) is 13.1. The van der Waals surface area contributed by atoms with Crippen molar-refractivity contribution < 1.29 is 14.7 Å². The average Bonchev–Trinajstić information content (AvgIpc) is 2.65. The van der Waals surface area contributed by atoms with Crippen LogP contribution in [0.5, 0.6) is 0 Å². The maximum Gasteiger partial charge on any atom is 0.309 e. The van der Waals surface area contributed by atoms with E-state index in [9.17, 15) is 14.7 Å². The molecule has 0 aromatic heterocycles. The Morgan fingerprint density at radius 2 is 1.91 bits per heavy atom. The van der Waals surface area contributed by atoms with Gasteiger partial charge in [0.15, 0.2) is 0 Å². The predicted molar refractivity (Wildman–Crippen MR) is 87.3 cm³/mol. The monoisotopic (exact) mass is 343 g/mol. The smallest absolute Gasteiger partial charge is 0.309 e. The fourth-order valence-corrected chi connectivity index (χ4v) is 3.61. The van der Waals surface area contributed by atoms with Crippen molar-refractivity contribution in [2.75, 3.05) is 5.32 Å². The molecule has 2 atom stereocenters. The number of aliphatic carboxylic acids is 1. The number of anilines is 1. The van der Waals surface area contributed by atoms with Crippen LogP contribution in [-0.4, -0.2) is 17.0 Å². The van der Waals surface area contributed by atoms with Crippen LogP contribution in [0.15, 0.2) is 18.2 Å². The molecule has 2 N–H and O–H groups in total. The van der Waals surface area contributed by atoms with Gasteiger partial charge in [0.05, 0.1) is 16.1 Å². The van der Waals surface area contributed by atoms with Crippen LogP contribution in [0, 0.1) is 16.7 Å². The molecule has 1 aliphatic carbocycles. The molecule has 2 rings (SSSR count). The summed E-state index contributed by atoms with van der Waals surface area (Å²) in [6, 6.07) is 4.84. The molecule has 0 radical (unpaired) electrons. The molecule has 4 nitrogen and oxygen atoms in total. The van der Waals surface area contributed by atoms with Gasteiger partial charge in [0.1, 0.15) is 0 Å². The zero-order chi connectivity index (χ0) is 16.7. The molecule has 1 aromatic rings. The van der Waals surface area contributed by atoms with E-state index in [0.717, 1.165) is 0 Å². The highest BCUT2D eigenvalue weighted by Crippen LogP contribution is 2.56. The zero-order valence-electron chi connectivity index (χ0n) is 12.7. The molecule has 1 amide bonds. The quantitative estimate of drug-likeness (QED) is 0.851. The van der Waals surface area contributed by atoms with Crippen molar-refractivity contribution >= 4 is 40.8 Å². The van der Waals surface area contributed by atoms with E-state index in [4.69, 9.17) is 23.2 Å². The number of hydrogen-bond acceptors (Lipinski definition) is 2. The van der Waals surface area contributed by atoms with Crippen molar-refractivity contribution in [3.05, 3.63) is 28.2 Å². The molecule has 0 spiro atoms. The summed E-state index contributed by atoms with van der Waals surface area (Å²) in [6.45, 7) is 5.38. The van der Waals surface area contributed by atoms with E-state index in [1.807, 2.05) is 13.8 Å². The van der Waals surface area contributed by atoms with Crippen LogP contribution in [0.2, 0.25) is 10.0 Å². The first kappa shape index (κ1) is 17.1. The Labute approximate surface area is 139 Å². The maximum absolute atomic E-state index is 12.6. The van der Waals surface area contributed by atoms with Gasteiger partial charge in [-0.1, -0.05) is 37.0 Å². The molecule has 1 saturated carbocycles. The van der Waals surface area contributed by atoms with E-state index in [1.54, 1.807) is 25.1 Å². The molecule has 6 heteroatoms. The molecule has 0 aliphatic heterocycles. The number of nitrogens with one attached hydrogen (secondary N) is 1. The fraction of sp³-hybridized carbons (Fsp3) is 0.500. The van der Waals surface area contributed by atoms with Crippen molar-refractivity contribution in [1.29, 1.82) is 0 Å². The summed E-state index contributed by atoms with van der Waals surface area (Å²) in [6.07, 6.45) is 1.01. The number of carboxylic acids is 1. The standard InChI is InChI=1S/C16H19Cl2NO3/c1-15(2)10(6-7-16(15,3)14(21)22)13(20)19-12-5-4-9(17)8-11(12)18/h4-5,8,10H,6-7H2,1-3H3,(H,19,20)(H,21,22). The average molecular weight is 344 g/mol. The van der Waals surface area contributed by atoms with Crippen LogP contribution in [0.4, 0.5) is 5.69 Å². The Morgan fingerprint density at radius 1 is 1.27 bits per heavy atom. The minimum absolute atomic E-state index is 0.209. The van der Waals surface area contributed by atoms with E-state index in [0.29, 0.717) is 28.6 Å². The lowest BCUT2D eigenvalue weighted by Gasteiger charge is -2.37. The number of benzene rings is 1. The number of amides is 1. The van der Waals surface area contributed by atoms with Gasteiger partial charge in [-0.05, 0) is 43.4 Å². The third kappa shape index (κ3) is 2.70. The van der Waals surface area contributed by atoms with Gasteiger partial charge in [-0.15, -0.1) is 0 Å². The lowest BCUT2D eigenvalue weighted by atomic mass is 9.65. The van der Waals surface area contributed by atoms with Gasteiger partial charge < -0.3 is 10.4 Å². The van der Waals surface area contributed by atoms with Gasteiger partial charge in [-0.2, -0.15) is 0 Å². The number of carboxylic acid groups (broad SMARTS) is 1. The van der Waals surface area contributed by atoms with Crippen molar-refractivity contribution in [2.24, 2.45) is 16.7 Å². The summed E-state index contributed by atoms with van der Waals surface area (Å²) in [5.41, 5.74) is -1.09. The summed E-state index contributed by atoms with van der Waals surface area (Å²) >= 11 is 11.9. The van der Waals surface area contributed by atoms with Crippen molar-refractivity contribution in [2.45, 2.75) is 33.6 Å². The van der Waals surface area contributed by atoms with Crippen molar-refractivity contribution in [1.82, 2.24) is 0 Å². The van der Waals surface area contributed by atoms with Gasteiger partial charge in [-0.25, -0.2) is 0 Å². The van der Waals surface area contributed by atoms with Gasteiger partial charge in [-0.3, -0.25) is 9.59 Å². The molecule has 1 fully saturated rings. The minimum atomic E-state index is -0.918. The lowest BCUT2D eigenvalue weighted by Crippen LogP contribution is -2.43. The molecule has 1 aromatic carbocycles. The number of carbonyl (C=O) groups excluding carboxylic acids is 1. The maximum atomic E-state index is 12.6. The van der Waals surface area contributed by atoms with Gasteiger partial charge >= 0.3 is 5.97 Å². The first-order valence-electron chi connectivity index (χ1n) is 7.09. The topological polar surface area (TPSA) is 66.4 Å². The van der Waals surface area contributed by atoms with Crippen molar-refractivity contribution in [3.63, 3.8) is 0 Å². The van der Waals surface area contributed by atoms with E-state index >= 15 is 0 Å². The summed E-state index contributed by atoms with van der Waals surface area (Å²) in [5.74, 6) is -1.46. The Morgan fingerprint density at radius 3 is 2.41 bits per heavy atom. The number of rotatable bonds is 3. The van der Waals surface area contributed by atoms with E-state index < -0.39 is 16.8 Å². The SMILES string of the molecule is CC1(C(=O)O)CCC(C(=O)Nc2ccc(Cl)cc2Cl)C1(C)C. The summed E-state index contributed by atoms with van der Waals surface area (Å²) < 4.78 is 0. The van der Waals surface area contributed by atoms with Crippen LogP contribution >= 0.6 is 23.2 Å². The van der Waals surface area contributed by atoms with Gasteiger partial charge in [0.25, 0.3) is 0 Å². The van der Waals surface area contributed by atoms with E-state index in [1.165, 1.54) is 0 Å². The molecule has 0 saturated heterocycles. The molecular weight excluding hydrogens is 325 g/mol. The molecule has 0 heterocycles. The second kappa shape index (κ2) is 5.74. The summed E-state index contributed by atoms with van der Waals surface area (Å²) in [7, 11) is 0. The molecule has 2 unspecified atom stereocenters. The molecule has 0 bridgehead atoms. The Kier molecular flexibility index (Phi) is 4.46. The normalized spacial score (nSPS) is 26.7. The molecule has 120 valence electrons. The van der Waals surface area contributed by atoms with Crippen LogP contribution < -0.4 is 5.32 Å². The number of carbonyl (C=O) groups is 2. The zero-order valence-corrected chi connectivity index (χ0v) is 14.3. The van der Waals surface area contributed by atoms with E-state index in [-0.39, 0.29) is 11.8 Å². The largest absolute Gasteiger partial charge is 0.481 e. The Bertz CT molecular complexity index is 630. The third-order valence-electron chi connectivity index (χ3n) is 5.20. The van der Waals surface area contributed by atoms with Gasteiger partial charge in [0, 0.05) is 10.9 Å². The van der Waals surface area contributed by atoms with E-state index in [2.05, 4.69) is 5.32 Å². The van der Waals surface area contributed by atoms with Crippen LogP contribution in [-0.2, 0) is 9.59 Å². The number of hydrogen-bond donors (Lipinski definition) is 2. The highest BCUT2D eigenvalue weighted by Gasteiger charge is 2.58. The van der Waals surface area contributed by atoms with Crippen molar-refractivity contribution in [3.8, 4) is 0 Å². The third-order valence-corrected chi connectivity index (χ3v) is 5.75. The summed E-state index contributed by atoms with van der Waals surface area (Å²) in [4.78, 5) is 24.2.